The second-order valence-corrected chi connectivity index (χ2v) is 6.99. The Balaban J connectivity index is 1.45. The number of benzene rings is 1. The average Bonchev–Trinajstić information content (AvgIpc) is 2.98. The molecule has 1 fully saturated rings. The van der Waals surface area contributed by atoms with Crippen LogP contribution in [0.1, 0.15) is 0 Å². The summed E-state index contributed by atoms with van der Waals surface area (Å²) in [6, 6.07) is 10.4. The van der Waals surface area contributed by atoms with Crippen molar-refractivity contribution >= 4 is 17.9 Å². The zero-order valence-electron chi connectivity index (χ0n) is 15.1. The number of aromatic nitrogens is 4. The van der Waals surface area contributed by atoms with E-state index in [-0.39, 0.29) is 5.82 Å². The smallest absolute Gasteiger partial charge is 0.199 e. The molecule has 1 aliphatic rings. The summed E-state index contributed by atoms with van der Waals surface area (Å²) in [4.78, 5) is 8.78. The molecule has 4 rings (SSSR count). The Morgan fingerprint density at radius 3 is 2.33 bits per heavy atom. The van der Waals surface area contributed by atoms with Crippen molar-refractivity contribution in [3.63, 3.8) is 0 Å². The third-order valence-corrected chi connectivity index (χ3v) is 5.36. The Kier molecular flexibility index (Phi) is 5.00. The summed E-state index contributed by atoms with van der Waals surface area (Å²) in [5, 5.41) is 4.67. The lowest BCUT2D eigenvalue weighted by Crippen LogP contribution is -2.47. The van der Waals surface area contributed by atoms with Crippen LogP contribution in [-0.4, -0.2) is 50.4 Å². The number of anilines is 1. The van der Waals surface area contributed by atoms with Crippen molar-refractivity contribution in [2.24, 2.45) is 7.05 Å². The second kappa shape index (κ2) is 7.58. The zero-order valence-corrected chi connectivity index (χ0v) is 15.9. The highest BCUT2D eigenvalue weighted by molar-refractivity contribution is 7.71. The highest BCUT2D eigenvalue weighted by atomic mass is 32.1. The van der Waals surface area contributed by atoms with Crippen molar-refractivity contribution in [2.45, 2.75) is 6.67 Å². The summed E-state index contributed by atoms with van der Waals surface area (Å²) in [5.74, 6) is 0.488. The Hall–Kier alpha value is -2.58. The van der Waals surface area contributed by atoms with E-state index < -0.39 is 0 Å². The SMILES string of the molecule is Cn1c(-c2ccc(F)cc2)nn(CN2CCN(c3ccncc3)CC2)c1=S. The van der Waals surface area contributed by atoms with E-state index in [0.717, 1.165) is 37.6 Å². The minimum Gasteiger partial charge on any atom is -0.369 e. The quantitative estimate of drug-likeness (QED) is 0.647. The fraction of sp³-hybridized carbons (Fsp3) is 0.316. The molecule has 8 heteroatoms. The Labute approximate surface area is 162 Å². The lowest BCUT2D eigenvalue weighted by molar-refractivity contribution is 0.194. The first kappa shape index (κ1) is 17.8. The van der Waals surface area contributed by atoms with Gasteiger partial charge in [-0.05, 0) is 48.6 Å². The van der Waals surface area contributed by atoms with Gasteiger partial charge in [0, 0.05) is 56.9 Å². The minimum absolute atomic E-state index is 0.258. The lowest BCUT2D eigenvalue weighted by Gasteiger charge is -2.35. The van der Waals surface area contributed by atoms with Crippen LogP contribution >= 0.6 is 12.2 Å². The van der Waals surface area contributed by atoms with E-state index in [9.17, 15) is 4.39 Å². The molecular formula is C19H21FN6S. The van der Waals surface area contributed by atoms with Crippen molar-refractivity contribution in [2.75, 3.05) is 31.1 Å². The summed E-state index contributed by atoms with van der Waals surface area (Å²) in [7, 11) is 1.89. The molecule has 0 amide bonds. The molecule has 1 saturated heterocycles. The van der Waals surface area contributed by atoms with Gasteiger partial charge in [-0.25, -0.2) is 9.07 Å². The maximum atomic E-state index is 13.2. The first-order valence-corrected chi connectivity index (χ1v) is 9.30. The largest absolute Gasteiger partial charge is 0.369 e. The zero-order chi connectivity index (χ0) is 18.8. The molecule has 0 aliphatic carbocycles. The molecule has 6 nitrogen and oxygen atoms in total. The molecule has 140 valence electrons. The van der Waals surface area contributed by atoms with E-state index in [1.165, 1.54) is 17.8 Å². The van der Waals surface area contributed by atoms with Gasteiger partial charge in [-0.15, -0.1) is 0 Å². The van der Waals surface area contributed by atoms with Gasteiger partial charge in [0.2, 0.25) is 0 Å². The molecule has 0 saturated carbocycles. The van der Waals surface area contributed by atoms with Crippen molar-refractivity contribution in [3.8, 4) is 11.4 Å². The number of hydrogen-bond donors (Lipinski definition) is 0. The van der Waals surface area contributed by atoms with Gasteiger partial charge >= 0.3 is 0 Å². The van der Waals surface area contributed by atoms with Crippen LogP contribution in [0.15, 0.2) is 48.8 Å². The summed E-state index contributed by atoms with van der Waals surface area (Å²) < 4.78 is 17.6. The van der Waals surface area contributed by atoms with Crippen molar-refractivity contribution in [1.82, 2.24) is 24.2 Å². The molecule has 0 bridgehead atoms. The topological polar surface area (TPSA) is 42.1 Å². The molecule has 1 aromatic carbocycles. The Bertz CT molecular complexity index is 958. The highest BCUT2D eigenvalue weighted by Crippen LogP contribution is 2.19. The second-order valence-electron chi connectivity index (χ2n) is 6.62. The van der Waals surface area contributed by atoms with Crippen molar-refractivity contribution in [1.29, 1.82) is 0 Å². The van der Waals surface area contributed by atoms with E-state index in [2.05, 4.69) is 19.9 Å². The predicted octanol–water partition coefficient (Wildman–Crippen LogP) is 2.93. The van der Waals surface area contributed by atoms with E-state index in [1.54, 1.807) is 12.1 Å². The lowest BCUT2D eigenvalue weighted by atomic mass is 10.2. The molecule has 27 heavy (non-hydrogen) atoms. The Morgan fingerprint density at radius 1 is 1.00 bits per heavy atom. The molecule has 3 heterocycles. The van der Waals surface area contributed by atoms with Crippen LogP contribution in [0.5, 0.6) is 0 Å². The first-order valence-electron chi connectivity index (χ1n) is 8.89. The van der Waals surface area contributed by atoms with Crippen LogP contribution in [0.3, 0.4) is 0 Å². The molecule has 0 spiro atoms. The molecule has 0 unspecified atom stereocenters. The van der Waals surface area contributed by atoms with Gasteiger partial charge in [0.1, 0.15) is 5.82 Å². The minimum atomic E-state index is -0.258. The van der Waals surface area contributed by atoms with Crippen LogP contribution in [0.2, 0.25) is 0 Å². The Morgan fingerprint density at radius 2 is 1.67 bits per heavy atom. The van der Waals surface area contributed by atoms with E-state index >= 15 is 0 Å². The average molecular weight is 384 g/mol. The summed E-state index contributed by atoms with van der Waals surface area (Å²) in [6.07, 6.45) is 3.65. The van der Waals surface area contributed by atoms with Gasteiger partial charge in [-0.2, -0.15) is 5.10 Å². The number of rotatable bonds is 4. The number of pyridine rings is 1. The summed E-state index contributed by atoms with van der Waals surface area (Å²) in [6.45, 7) is 4.43. The third-order valence-electron chi connectivity index (χ3n) is 4.88. The summed E-state index contributed by atoms with van der Waals surface area (Å²) in [5.41, 5.74) is 2.06. The fourth-order valence-corrected chi connectivity index (χ4v) is 3.51. The number of piperazine rings is 1. The van der Waals surface area contributed by atoms with Crippen molar-refractivity contribution in [3.05, 3.63) is 59.4 Å². The molecular weight excluding hydrogens is 363 g/mol. The van der Waals surface area contributed by atoms with E-state index in [0.29, 0.717) is 11.4 Å². The van der Waals surface area contributed by atoms with Crippen molar-refractivity contribution < 1.29 is 4.39 Å². The van der Waals surface area contributed by atoms with Gasteiger partial charge in [-0.3, -0.25) is 9.88 Å². The van der Waals surface area contributed by atoms with E-state index in [4.69, 9.17) is 12.2 Å². The maximum Gasteiger partial charge on any atom is 0.199 e. The van der Waals surface area contributed by atoms with E-state index in [1.807, 2.05) is 40.8 Å². The summed E-state index contributed by atoms with van der Waals surface area (Å²) >= 11 is 5.55. The van der Waals surface area contributed by atoms with Crippen LogP contribution in [0, 0.1) is 10.6 Å². The molecule has 2 aromatic heterocycles. The van der Waals surface area contributed by atoms with Crippen LogP contribution in [0.25, 0.3) is 11.4 Å². The molecule has 1 aliphatic heterocycles. The fourth-order valence-electron chi connectivity index (χ4n) is 3.32. The van der Waals surface area contributed by atoms with Gasteiger partial charge in [0.15, 0.2) is 10.6 Å². The first-order chi connectivity index (χ1) is 13.1. The molecule has 0 radical (unpaired) electrons. The molecule has 3 aromatic rings. The maximum absolute atomic E-state index is 13.2. The third kappa shape index (κ3) is 3.77. The van der Waals surface area contributed by atoms with Gasteiger partial charge in [-0.1, -0.05) is 0 Å². The highest BCUT2D eigenvalue weighted by Gasteiger charge is 2.19. The van der Waals surface area contributed by atoms with Gasteiger partial charge in [0.05, 0.1) is 6.67 Å². The van der Waals surface area contributed by atoms with Crippen LogP contribution < -0.4 is 4.90 Å². The number of halogens is 1. The molecule has 0 N–H and O–H groups in total. The normalized spacial score (nSPS) is 15.3. The van der Waals surface area contributed by atoms with Gasteiger partial charge in [0.25, 0.3) is 0 Å². The van der Waals surface area contributed by atoms with Crippen LogP contribution in [-0.2, 0) is 13.7 Å². The predicted molar refractivity (Wildman–Crippen MR) is 105 cm³/mol. The number of hydrogen-bond acceptors (Lipinski definition) is 5. The standard InChI is InChI=1S/C19H21FN6S/c1-23-18(15-2-4-16(20)5-3-15)22-26(19(23)27)14-24-10-12-25(13-11-24)17-6-8-21-9-7-17/h2-9H,10-14H2,1H3. The van der Waals surface area contributed by atoms with Gasteiger partial charge < -0.3 is 9.47 Å². The molecule has 0 atom stereocenters. The monoisotopic (exact) mass is 384 g/mol. The number of nitrogens with zero attached hydrogens (tertiary/aromatic N) is 6. The van der Waals surface area contributed by atoms with Crippen LogP contribution in [0.4, 0.5) is 10.1 Å².